The fourth-order valence-corrected chi connectivity index (χ4v) is 3.78. The smallest absolute Gasteiger partial charge is 0.209 e. The summed E-state index contributed by atoms with van der Waals surface area (Å²) in [6.45, 7) is 8.47. The molecule has 1 N–H and O–H groups in total. The van der Waals surface area contributed by atoms with E-state index in [1.807, 2.05) is 44.2 Å². The molecule has 0 aliphatic heterocycles. The van der Waals surface area contributed by atoms with E-state index in [-0.39, 0.29) is 0 Å². The van der Waals surface area contributed by atoms with Gasteiger partial charge in [0, 0.05) is 23.5 Å². The maximum atomic E-state index is 5.84. The molecule has 0 bridgehead atoms. The summed E-state index contributed by atoms with van der Waals surface area (Å²) in [7, 11) is 6.02. The molecule has 1 aromatic heterocycles. The number of nitrogens with zero attached hydrogens (tertiary/aromatic N) is 3. The van der Waals surface area contributed by atoms with Crippen molar-refractivity contribution in [2.75, 3.05) is 40.8 Å². The van der Waals surface area contributed by atoms with Gasteiger partial charge in [-0.15, -0.1) is 0 Å². The molecule has 144 valence electrons. The predicted molar refractivity (Wildman–Crippen MR) is 110 cm³/mol. The number of nitrogens with one attached hydrogen (secondary N) is 1. The summed E-state index contributed by atoms with van der Waals surface area (Å²) in [6.07, 6.45) is 2.96. The highest BCUT2D eigenvalue weighted by Crippen LogP contribution is 2.27. The lowest BCUT2D eigenvalue weighted by Gasteiger charge is -2.23. The largest absolute Gasteiger partial charge is 0.439 e. The van der Waals surface area contributed by atoms with Gasteiger partial charge in [0.25, 0.3) is 0 Å². The Morgan fingerprint density at radius 2 is 1.92 bits per heavy atom. The van der Waals surface area contributed by atoms with E-state index in [9.17, 15) is 0 Å². The molecular formula is C20H32N4OS. The Bertz CT molecular complexity index is 640. The fraction of sp³-hybridized carbons (Fsp3) is 0.550. The summed E-state index contributed by atoms with van der Waals surface area (Å²) in [5.41, 5.74) is 1.07. The second-order valence-electron chi connectivity index (χ2n) is 7.21. The molecule has 5 nitrogen and oxygen atoms in total. The van der Waals surface area contributed by atoms with Gasteiger partial charge in [-0.05, 0) is 64.1 Å². The van der Waals surface area contributed by atoms with Gasteiger partial charge in [-0.25, -0.2) is 9.29 Å². The Labute approximate surface area is 162 Å². The van der Waals surface area contributed by atoms with Crippen LogP contribution in [0.2, 0.25) is 0 Å². The van der Waals surface area contributed by atoms with Crippen LogP contribution in [0.4, 0.5) is 0 Å². The highest BCUT2D eigenvalue weighted by molar-refractivity contribution is 7.97. The quantitative estimate of drug-likeness (QED) is 0.473. The van der Waals surface area contributed by atoms with Gasteiger partial charge in [0.15, 0.2) is 5.76 Å². The molecule has 0 aliphatic rings. The summed E-state index contributed by atoms with van der Waals surface area (Å²) < 4.78 is 8.30. The SMILES string of the molecule is CNCCCN(CC(C)C)Sc1ccc(-c2cnc(CN(C)C)o2)cc1. The lowest BCUT2D eigenvalue weighted by molar-refractivity contribution is 0.344. The Balaban J connectivity index is 1.99. The van der Waals surface area contributed by atoms with Crippen molar-refractivity contribution in [3.63, 3.8) is 0 Å². The molecular weight excluding hydrogens is 344 g/mol. The van der Waals surface area contributed by atoms with Gasteiger partial charge in [0.1, 0.15) is 0 Å². The molecule has 26 heavy (non-hydrogen) atoms. The topological polar surface area (TPSA) is 44.5 Å². The molecule has 0 saturated carbocycles. The average molecular weight is 377 g/mol. The normalized spacial score (nSPS) is 11.8. The van der Waals surface area contributed by atoms with Crippen molar-refractivity contribution in [1.82, 2.24) is 19.5 Å². The first-order valence-electron chi connectivity index (χ1n) is 9.25. The maximum absolute atomic E-state index is 5.84. The third kappa shape index (κ3) is 7.11. The minimum atomic E-state index is 0.653. The van der Waals surface area contributed by atoms with Gasteiger partial charge in [-0.2, -0.15) is 0 Å². The molecule has 1 heterocycles. The van der Waals surface area contributed by atoms with Crippen LogP contribution < -0.4 is 5.32 Å². The predicted octanol–water partition coefficient (Wildman–Crippen LogP) is 3.98. The van der Waals surface area contributed by atoms with Crippen molar-refractivity contribution in [3.05, 3.63) is 36.4 Å². The van der Waals surface area contributed by atoms with E-state index in [0.29, 0.717) is 12.5 Å². The molecule has 0 saturated heterocycles. The maximum Gasteiger partial charge on any atom is 0.209 e. The van der Waals surface area contributed by atoms with E-state index in [4.69, 9.17) is 4.42 Å². The second-order valence-corrected chi connectivity index (χ2v) is 8.38. The van der Waals surface area contributed by atoms with E-state index < -0.39 is 0 Å². The van der Waals surface area contributed by atoms with Crippen LogP contribution in [-0.2, 0) is 6.54 Å². The lowest BCUT2D eigenvalue weighted by Crippen LogP contribution is -2.24. The summed E-state index contributed by atoms with van der Waals surface area (Å²) in [6, 6.07) is 8.56. The Hall–Kier alpha value is -1.34. The third-order valence-electron chi connectivity index (χ3n) is 3.78. The Morgan fingerprint density at radius 3 is 2.54 bits per heavy atom. The highest BCUT2D eigenvalue weighted by Gasteiger charge is 2.11. The van der Waals surface area contributed by atoms with Gasteiger partial charge in [-0.1, -0.05) is 26.0 Å². The first kappa shape index (κ1) is 21.0. The van der Waals surface area contributed by atoms with E-state index in [1.54, 1.807) is 0 Å². The highest BCUT2D eigenvalue weighted by atomic mass is 32.2. The summed E-state index contributed by atoms with van der Waals surface area (Å²) in [4.78, 5) is 7.66. The zero-order chi connectivity index (χ0) is 18.9. The minimum absolute atomic E-state index is 0.653. The van der Waals surface area contributed by atoms with E-state index >= 15 is 0 Å². The number of hydrogen-bond acceptors (Lipinski definition) is 6. The van der Waals surface area contributed by atoms with Crippen LogP contribution in [0, 0.1) is 5.92 Å². The molecule has 0 radical (unpaired) electrons. The number of hydrogen-bond donors (Lipinski definition) is 1. The standard InChI is InChI=1S/C20H32N4OS/c1-16(2)14-24(12-6-11-21-3)26-18-9-7-17(8-10-18)19-13-22-20(25-19)15-23(4)5/h7-10,13,16,21H,6,11-12,14-15H2,1-5H3. The fourth-order valence-electron chi connectivity index (χ4n) is 2.63. The third-order valence-corrected chi connectivity index (χ3v) is 4.85. The zero-order valence-electron chi connectivity index (χ0n) is 16.7. The van der Waals surface area contributed by atoms with Gasteiger partial charge >= 0.3 is 0 Å². The van der Waals surface area contributed by atoms with Gasteiger partial charge in [0.05, 0.1) is 12.7 Å². The molecule has 0 unspecified atom stereocenters. The van der Waals surface area contributed by atoms with Crippen LogP contribution in [0.15, 0.2) is 39.8 Å². The van der Waals surface area contributed by atoms with E-state index in [2.05, 4.69) is 52.7 Å². The molecule has 0 atom stereocenters. The Kier molecular flexibility index (Phi) is 8.65. The average Bonchev–Trinajstić information content (AvgIpc) is 3.03. The van der Waals surface area contributed by atoms with Crippen molar-refractivity contribution in [3.8, 4) is 11.3 Å². The first-order valence-corrected chi connectivity index (χ1v) is 10.0. The van der Waals surface area contributed by atoms with E-state index in [1.165, 1.54) is 4.90 Å². The molecule has 0 aliphatic carbocycles. The van der Waals surface area contributed by atoms with Crippen molar-refractivity contribution < 1.29 is 4.42 Å². The molecule has 2 aromatic rings. The van der Waals surface area contributed by atoms with Gasteiger partial charge in [0.2, 0.25) is 5.89 Å². The Morgan fingerprint density at radius 1 is 1.19 bits per heavy atom. The summed E-state index contributed by atoms with van der Waals surface area (Å²) in [5.74, 6) is 2.23. The lowest BCUT2D eigenvalue weighted by atomic mass is 10.2. The van der Waals surface area contributed by atoms with Crippen LogP contribution >= 0.6 is 11.9 Å². The second kappa shape index (κ2) is 10.7. The molecule has 0 fully saturated rings. The number of benzene rings is 1. The summed E-state index contributed by atoms with van der Waals surface area (Å²) >= 11 is 1.84. The van der Waals surface area contributed by atoms with Crippen molar-refractivity contribution >= 4 is 11.9 Å². The molecule has 0 amide bonds. The number of aromatic nitrogens is 1. The zero-order valence-corrected chi connectivity index (χ0v) is 17.5. The minimum Gasteiger partial charge on any atom is -0.439 e. The van der Waals surface area contributed by atoms with Crippen molar-refractivity contribution in [2.45, 2.75) is 31.7 Å². The van der Waals surface area contributed by atoms with Crippen LogP contribution in [0.1, 0.15) is 26.2 Å². The number of rotatable bonds is 11. The van der Waals surface area contributed by atoms with Crippen LogP contribution in [0.25, 0.3) is 11.3 Å². The molecule has 2 rings (SSSR count). The van der Waals surface area contributed by atoms with Crippen molar-refractivity contribution in [1.29, 1.82) is 0 Å². The number of oxazole rings is 1. The molecule has 6 heteroatoms. The van der Waals surface area contributed by atoms with Crippen LogP contribution in [0.3, 0.4) is 0 Å². The molecule has 1 aromatic carbocycles. The van der Waals surface area contributed by atoms with Gasteiger partial charge < -0.3 is 14.6 Å². The van der Waals surface area contributed by atoms with Crippen LogP contribution in [0.5, 0.6) is 0 Å². The first-order chi connectivity index (χ1) is 12.5. The van der Waals surface area contributed by atoms with Gasteiger partial charge in [-0.3, -0.25) is 0 Å². The molecule has 0 spiro atoms. The van der Waals surface area contributed by atoms with Crippen LogP contribution in [-0.4, -0.2) is 55.0 Å². The van der Waals surface area contributed by atoms with Crippen molar-refractivity contribution in [2.24, 2.45) is 5.92 Å². The summed E-state index contributed by atoms with van der Waals surface area (Å²) in [5, 5.41) is 3.22. The monoisotopic (exact) mass is 376 g/mol. The van der Waals surface area contributed by atoms with E-state index in [0.717, 1.165) is 43.3 Å².